The van der Waals surface area contributed by atoms with E-state index in [0.29, 0.717) is 29.5 Å². The molecule has 0 bridgehead atoms. The zero-order valence-electron chi connectivity index (χ0n) is 14.1. The Labute approximate surface area is 158 Å². The van der Waals surface area contributed by atoms with Crippen LogP contribution in [0.15, 0.2) is 53.4 Å². The van der Waals surface area contributed by atoms with Gasteiger partial charge in [0.25, 0.3) is 0 Å². The monoisotopic (exact) mass is 393 g/mol. The Morgan fingerprint density at radius 3 is 2.35 bits per heavy atom. The van der Waals surface area contributed by atoms with Crippen molar-refractivity contribution < 1.29 is 13.2 Å². The predicted octanol–water partition coefficient (Wildman–Crippen LogP) is 3.18. The molecule has 2 N–H and O–H groups in total. The van der Waals surface area contributed by atoms with Crippen molar-refractivity contribution in [2.45, 2.75) is 17.7 Å². The highest BCUT2D eigenvalue weighted by atomic mass is 35.5. The Balaban J connectivity index is 1.58. The first-order valence-electron chi connectivity index (χ1n) is 8.35. The topological polar surface area (TPSA) is 78.5 Å². The molecule has 0 radical (unpaired) electrons. The van der Waals surface area contributed by atoms with E-state index in [4.69, 9.17) is 11.6 Å². The Kier molecular flexibility index (Phi) is 5.80. The predicted molar refractivity (Wildman–Crippen MR) is 103 cm³/mol. The third-order valence-corrected chi connectivity index (χ3v) is 6.40. The molecule has 3 rings (SSSR count). The van der Waals surface area contributed by atoms with Crippen LogP contribution in [0.1, 0.15) is 12.8 Å². The Morgan fingerprint density at radius 1 is 1.04 bits per heavy atom. The van der Waals surface area contributed by atoms with E-state index in [0.717, 1.165) is 12.8 Å². The van der Waals surface area contributed by atoms with Crippen molar-refractivity contribution in [1.29, 1.82) is 0 Å². The Bertz CT molecular complexity index is 879. The fourth-order valence-electron chi connectivity index (χ4n) is 2.77. The van der Waals surface area contributed by atoms with Gasteiger partial charge in [-0.1, -0.05) is 23.7 Å². The second kappa shape index (κ2) is 8.07. The molecule has 1 amide bonds. The summed E-state index contributed by atoms with van der Waals surface area (Å²) in [6.45, 7) is 1.18. The minimum atomic E-state index is -3.44. The standard InChI is InChI=1S/C18H20ClN3O3S/c19-16-5-1-2-6-17(16)20-13-18(23)21-14-7-9-15(10-8-14)26(24,25)22-11-3-4-12-22/h1-2,5-10,20H,3-4,11-13H2,(H,21,23). The molecule has 0 atom stereocenters. The number of amides is 1. The van der Waals surface area contributed by atoms with Crippen LogP contribution in [-0.2, 0) is 14.8 Å². The summed E-state index contributed by atoms with van der Waals surface area (Å²) in [4.78, 5) is 12.3. The molecule has 6 nitrogen and oxygen atoms in total. The van der Waals surface area contributed by atoms with Crippen LogP contribution in [-0.4, -0.2) is 38.3 Å². The second-order valence-corrected chi connectivity index (χ2v) is 8.36. The van der Waals surface area contributed by atoms with E-state index in [-0.39, 0.29) is 17.3 Å². The quantitative estimate of drug-likeness (QED) is 0.790. The molecule has 1 saturated heterocycles. The SMILES string of the molecule is O=C(CNc1ccccc1Cl)Nc1ccc(S(=O)(=O)N2CCCC2)cc1. The number of sulfonamides is 1. The summed E-state index contributed by atoms with van der Waals surface area (Å²) >= 11 is 6.03. The third-order valence-electron chi connectivity index (χ3n) is 4.15. The van der Waals surface area contributed by atoms with Crippen LogP contribution in [0, 0.1) is 0 Å². The molecule has 1 aliphatic heterocycles. The zero-order chi connectivity index (χ0) is 18.6. The first-order chi connectivity index (χ1) is 12.5. The smallest absolute Gasteiger partial charge is 0.243 e. The van der Waals surface area contributed by atoms with E-state index >= 15 is 0 Å². The maximum absolute atomic E-state index is 12.5. The fraction of sp³-hybridized carbons (Fsp3) is 0.278. The van der Waals surface area contributed by atoms with Gasteiger partial charge in [-0.05, 0) is 49.2 Å². The van der Waals surface area contributed by atoms with Gasteiger partial charge in [-0.2, -0.15) is 4.31 Å². The number of carbonyl (C=O) groups is 1. The van der Waals surface area contributed by atoms with Gasteiger partial charge in [-0.3, -0.25) is 4.79 Å². The average molecular weight is 394 g/mol. The molecule has 0 aromatic heterocycles. The highest BCUT2D eigenvalue weighted by Gasteiger charge is 2.26. The molecule has 2 aromatic carbocycles. The van der Waals surface area contributed by atoms with Crippen molar-refractivity contribution >= 4 is 38.9 Å². The van der Waals surface area contributed by atoms with E-state index < -0.39 is 10.0 Å². The van der Waals surface area contributed by atoms with Gasteiger partial charge in [0.05, 0.1) is 22.2 Å². The number of halogens is 1. The molecule has 0 unspecified atom stereocenters. The number of rotatable bonds is 6. The third kappa shape index (κ3) is 4.35. The molecular formula is C18H20ClN3O3S. The molecule has 0 saturated carbocycles. The van der Waals surface area contributed by atoms with E-state index in [1.807, 2.05) is 12.1 Å². The van der Waals surface area contributed by atoms with Gasteiger partial charge in [0.15, 0.2) is 0 Å². The molecule has 138 valence electrons. The number of nitrogens with zero attached hydrogens (tertiary/aromatic N) is 1. The summed E-state index contributed by atoms with van der Waals surface area (Å²) in [5, 5.41) is 6.22. The Hall–Kier alpha value is -2.09. The van der Waals surface area contributed by atoms with Crippen LogP contribution >= 0.6 is 11.6 Å². The number of para-hydroxylation sites is 1. The fourth-order valence-corrected chi connectivity index (χ4v) is 4.49. The van der Waals surface area contributed by atoms with Crippen LogP contribution in [0.5, 0.6) is 0 Å². The number of hydrogen-bond donors (Lipinski definition) is 2. The lowest BCUT2D eigenvalue weighted by molar-refractivity contribution is -0.114. The summed E-state index contributed by atoms with van der Waals surface area (Å²) in [5.41, 5.74) is 1.22. The average Bonchev–Trinajstić information content (AvgIpc) is 3.17. The first-order valence-corrected chi connectivity index (χ1v) is 10.2. The summed E-state index contributed by atoms with van der Waals surface area (Å²) in [6.07, 6.45) is 1.79. The number of nitrogens with one attached hydrogen (secondary N) is 2. The number of anilines is 2. The van der Waals surface area contributed by atoms with Gasteiger partial charge < -0.3 is 10.6 Å². The van der Waals surface area contributed by atoms with Crippen molar-refractivity contribution in [1.82, 2.24) is 4.31 Å². The van der Waals surface area contributed by atoms with E-state index in [2.05, 4.69) is 10.6 Å². The van der Waals surface area contributed by atoms with Gasteiger partial charge in [-0.25, -0.2) is 8.42 Å². The van der Waals surface area contributed by atoms with Gasteiger partial charge in [0.1, 0.15) is 0 Å². The maximum Gasteiger partial charge on any atom is 0.243 e. The van der Waals surface area contributed by atoms with Crippen molar-refractivity contribution in [3.05, 3.63) is 53.6 Å². The Morgan fingerprint density at radius 2 is 1.69 bits per heavy atom. The van der Waals surface area contributed by atoms with Crippen LogP contribution < -0.4 is 10.6 Å². The highest BCUT2D eigenvalue weighted by molar-refractivity contribution is 7.89. The molecule has 1 fully saturated rings. The summed E-state index contributed by atoms with van der Waals surface area (Å²) in [6, 6.07) is 13.4. The summed E-state index contributed by atoms with van der Waals surface area (Å²) in [5.74, 6) is -0.250. The normalized spacial score (nSPS) is 15.0. The van der Waals surface area contributed by atoms with Gasteiger partial charge in [0, 0.05) is 18.8 Å². The molecule has 1 aliphatic rings. The molecule has 2 aromatic rings. The van der Waals surface area contributed by atoms with Crippen molar-refractivity contribution in [2.75, 3.05) is 30.3 Å². The van der Waals surface area contributed by atoms with Crippen LogP contribution in [0.25, 0.3) is 0 Å². The minimum absolute atomic E-state index is 0.0531. The number of benzene rings is 2. The van der Waals surface area contributed by atoms with Crippen molar-refractivity contribution in [3.63, 3.8) is 0 Å². The highest BCUT2D eigenvalue weighted by Crippen LogP contribution is 2.22. The van der Waals surface area contributed by atoms with Gasteiger partial charge in [-0.15, -0.1) is 0 Å². The van der Waals surface area contributed by atoms with E-state index in [1.54, 1.807) is 24.3 Å². The van der Waals surface area contributed by atoms with Crippen molar-refractivity contribution in [3.8, 4) is 0 Å². The van der Waals surface area contributed by atoms with Crippen molar-refractivity contribution in [2.24, 2.45) is 0 Å². The lowest BCUT2D eigenvalue weighted by atomic mass is 10.3. The van der Waals surface area contributed by atoms with E-state index in [9.17, 15) is 13.2 Å². The first kappa shape index (κ1) is 18.7. The van der Waals surface area contributed by atoms with Crippen LogP contribution in [0.2, 0.25) is 5.02 Å². The number of hydrogen-bond acceptors (Lipinski definition) is 4. The van der Waals surface area contributed by atoms with Crippen LogP contribution in [0.4, 0.5) is 11.4 Å². The molecule has 26 heavy (non-hydrogen) atoms. The van der Waals surface area contributed by atoms with Gasteiger partial charge >= 0.3 is 0 Å². The molecular weight excluding hydrogens is 374 g/mol. The lowest BCUT2D eigenvalue weighted by Crippen LogP contribution is -2.27. The number of carbonyl (C=O) groups excluding carboxylic acids is 1. The van der Waals surface area contributed by atoms with E-state index in [1.165, 1.54) is 16.4 Å². The lowest BCUT2D eigenvalue weighted by Gasteiger charge is -2.15. The summed E-state index contributed by atoms with van der Waals surface area (Å²) in [7, 11) is -3.44. The largest absolute Gasteiger partial charge is 0.375 e. The summed E-state index contributed by atoms with van der Waals surface area (Å²) < 4.78 is 26.4. The molecule has 0 spiro atoms. The second-order valence-electron chi connectivity index (χ2n) is 6.02. The maximum atomic E-state index is 12.5. The molecule has 8 heteroatoms. The van der Waals surface area contributed by atoms with Gasteiger partial charge in [0.2, 0.25) is 15.9 Å². The minimum Gasteiger partial charge on any atom is -0.375 e. The zero-order valence-corrected chi connectivity index (χ0v) is 15.7. The van der Waals surface area contributed by atoms with Crippen LogP contribution in [0.3, 0.4) is 0 Å². The molecule has 1 heterocycles. The molecule has 0 aliphatic carbocycles.